The summed E-state index contributed by atoms with van der Waals surface area (Å²) in [7, 11) is 1.42. The molecule has 0 aliphatic heterocycles. The lowest BCUT2D eigenvalue weighted by Crippen LogP contribution is -2.37. The van der Waals surface area contributed by atoms with Gasteiger partial charge in [0.2, 0.25) is 0 Å². The standard InChI is InChI=1S/C22H21Cl2NO3S/c1-13(2)25(21(26)16-10-9-15(23)11-17(16)24)18-12-19(14-7-5-4-6-8-14)29-20(18)22(27)28-3/h4-13,22,27H,1-3H3. The predicted molar refractivity (Wildman–Crippen MR) is 120 cm³/mol. The van der Waals surface area contributed by atoms with E-state index in [-0.39, 0.29) is 17.0 Å². The maximum Gasteiger partial charge on any atom is 0.260 e. The zero-order valence-electron chi connectivity index (χ0n) is 16.2. The molecule has 3 rings (SSSR count). The fraction of sp³-hybridized carbons (Fsp3) is 0.227. The molecule has 2 aromatic carbocycles. The molecule has 1 atom stereocenters. The summed E-state index contributed by atoms with van der Waals surface area (Å²) in [6.07, 6.45) is -1.15. The maximum absolute atomic E-state index is 13.4. The number of aliphatic hydroxyl groups excluding tert-OH is 1. The molecule has 3 aromatic rings. The van der Waals surface area contributed by atoms with Crippen molar-refractivity contribution < 1.29 is 14.6 Å². The van der Waals surface area contributed by atoms with Gasteiger partial charge in [0.05, 0.1) is 21.2 Å². The van der Waals surface area contributed by atoms with Crippen LogP contribution in [0.25, 0.3) is 10.4 Å². The van der Waals surface area contributed by atoms with E-state index >= 15 is 0 Å². The predicted octanol–water partition coefficient (Wildman–Crippen LogP) is 6.41. The summed E-state index contributed by atoms with van der Waals surface area (Å²) in [6.45, 7) is 3.81. The van der Waals surface area contributed by atoms with Crippen LogP contribution in [0.4, 0.5) is 5.69 Å². The van der Waals surface area contributed by atoms with E-state index in [2.05, 4.69) is 0 Å². The Labute approximate surface area is 184 Å². The van der Waals surface area contributed by atoms with Crippen LogP contribution in [0, 0.1) is 0 Å². The number of carbonyl (C=O) groups excluding carboxylic acids is 1. The van der Waals surface area contributed by atoms with Crippen LogP contribution in [0.5, 0.6) is 0 Å². The number of ether oxygens (including phenoxy) is 1. The van der Waals surface area contributed by atoms with Gasteiger partial charge < -0.3 is 14.7 Å². The number of hydrogen-bond donors (Lipinski definition) is 1. The third-order valence-electron chi connectivity index (χ3n) is 4.40. The largest absolute Gasteiger partial charge is 0.364 e. The molecule has 29 heavy (non-hydrogen) atoms. The van der Waals surface area contributed by atoms with Crippen molar-refractivity contribution in [3.63, 3.8) is 0 Å². The molecule has 1 unspecified atom stereocenters. The van der Waals surface area contributed by atoms with Gasteiger partial charge in [-0.1, -0.05) is 53.5 Å². The molecule has 0 saturated carbocycles. The smallest absolute Gasteiger partial charge is 0.260 e. The highest BCUT2D eigenvalue weighted by molar-refractivity contribution is 7.16. The lowest BCUT2D eigenvalue weighted by Gasteiger charge is -2.28. The SMILES string of the molecule is COC(O)c1sc(-c2ccccc2)cc1N(C(=O)c1ccc(Cl)cc1Cl)C(C)C. The molecule has 1 N–H and O–H groups in total. The van der Waals surface area contributed by atoms with Crippen LogP contribution in [-0.2, 0) is 4.74 Å². The zero-order valence-corrected chi connectivity index (χ0v) is 18.6. The van der Waals surface area contributed by atoms with Crippen LogP contribution < -0.4 is 4.90 Å². The summed E-state index contributed by atoms with van der Waals surface area (Å²) in [5.41, 5.74) is 1.93. The number of benzene rings is 2. The van der Waals surface area contributed by atoms with Gasteiger partial charge in [0, 0.05) is 23.1 Å². The molecule has 0 aliphatic carbocycles. The Hall–Kier alpha value is -1.89. The highest BCUT2D eigenvalue weighted by atomic mass is 35.5. The molecule has 1 amide bonds. The average Bonchev–Trinajstić information content (AvgIpc) is 3.12. The van der Waals surface area contributed by atoms with E-state index in [4.69, 9.17) is 27.9 Å². The Balaban J connectivity index is 2.13. The Morgan fingerprint density at radius 3 is 2.38 bits per heavy atom. The van der Waals surface area contributed by atoms with Crippen molar-refractivity contribution in [2.24, 2.45) is 0 Å². The summed E-state index contributed by atoms with van der Waals surface area (Å²) >= 11 is 13.7. The van der Waals surface area contributed by atoms with Gasteiger partial charge in [0.1, 0.15) is 0 Å². The van der Waals surface area contributed by atoms with Crippen molar-refractivity contribution in [2.45, 2.75) is 26.2 Å². The van der Waals surface area contributed by atoms with Gasteiger partial charge in [-0.05, 0) is 43.7 Å². The Kier molecular flexibility index (Phi) is 6.98. The minimum absolute atomic E-state index is 0.185. The summed E-state index contributed by atoms with van der Waals surface area (Å²) < 4.78 is 5.17. The highest BCUT2D eigenvalue weighted by Crippen LogP contribution is 2.42. The molecule has 7 heteroatoms. The number of halogens is 2. The van der Waals surface area contributed by atoms with Gasteiger partial charge in [-0.2, -0.15) is 0 Å². The molecule has 0 spiro atoms. The van der Waals surface area contributed by atoms with Gasteiger partial charge in [0.15, 0.2) is 6.29 Å². The van der Waals surface area contributed by atoms with Crippen LogP contribution in [-0.4, -0.2) is 24.2 Å². The first-order valence-corrected chi connectivity index (χ1v) is 10.6. The van der Waals surface area contributed by atoms with Crippen molar-refractivity contribution in [3.8, 4) is 10.4 Å². The van der Waals surface area contributed by atoms with Crippen LogP contribution >= 0.6 is 34.5 Å². The normalized spacial score (nSPS) is 12.2. The molecule has 1 aromatic heterocycles. The number of aliphatic hydroxyl groups is 1. The van der Waals surface area contributed by atoms with E-state index < -0.39 is 6.29 Å². The summed E-state index contributed by atoms with van der Waals surface area (Å²) in [5, 5.41) is 11.2. The van der Waals surface area contributed by atoms with Crippen LogP contribution in [0.1, 0.15) is 35.4 Å². The van der Waals surface area contributed by atoms with Crippen LogP contribution in [0.2, 0.25) is 10.0 Å². The van der Waals surface area contributed by atoms with Crippen molar-refractivity contribution in [1.29, 1.82) is 0 Å². The summed E-state index contributed by atoms with van der Waals surface area (Å²) in [5.74, 6) is -0.274. The molecule has 0 radical (unpaired) electrons. The van der Waals surface area contributed by atoms with Crippen LogP contribution in [0.15, 0.2) is 54.6 Å². The molecule has 152 valence electrons. The number of thiophene rings is 1. The first-order valence-electron chi connectivity index (χ1n) is 9.02. The molecule has 1 heterocycles. The van der Waals surface area contributed by atoms with Crippen molar-refractivity contribution >= 4 is 46.1 Å². The first kappa shape index (κ1) is 21.8. The highest BCUT2D eigenvalue weighted by Gasteiger charge is 2.29. The quantitative estimate of drug-likeness (QED) is 0.441. The Morgan fingerprint density at radius 1 is 1.10 bits per heavy atom. The van der Waals surface area contributed by atoms with E-state index in [9.17, 15) is 9.90 Å². The number of nitrogens with zero attached hydrogens (tertiary/aromatic N) is 1. The molecule has 0 saturated heterocycles. The van der Waals surface area contributed by atoms with Gasteiger partial charge in [-0.25, -0.2) is 0 Å². The summed E-state index contributed by atoms with van der Waals surface area (Å²) in [4.78, 5) is 16.5. The van der Waals surface area contributed by atoms with E-state index in [1.807, 2.05) is 50.2 Å². The monoisotopic (exact) mass is 449 g/mol. The Morgan fingerprint density at radius 2 is 1.79 bits per heavy atom. The fourth-order valence-electron chi connectivity index (χ4n) is 3.03. The van der Waals surface area contributed by atoms with Crippen molar-refractivity contribution in [2.75, 3.05) is 12.0 Å². The van der Waals surface area contributed by atoms with E-state index in [0.717, 1.165) is 10.4 Å². The topological polar surface area (TPSA) is 49.8 Å². The number of amides is 1. The molecule has 0 bridgehead atoms. The molecular formula is C22H21Cl2NO3S. The van der Waals surface area contributed by atoms with E-state index in [1.165, 1.54) is 18.4 Å². The number of methoxy groups -OCH3 is 1. The van der Waals surface area contributed by atoms with E-state index in [1.54, 1.807) is 23.1 Å². The molecular weight excluding hydrogens is 429 g/mol. The number of anilines is 1. The number of rotatable bonds is 6. The van der Waals surface area contributed by atoms with Gasteiger partial charge in [0.25, 0.3) is 5.91 Å². The minimum Gasteiger partial charge on any atom is -0.364 e. The lowest BCUT2D eigenvalue weighted by molar-refractivity contribution is -0.0739. The molecule has 0 fully saturated rings. The van der Waals surface area contributed by atoms with Crippen LogP contribution in [0.3, 0.4) is 0 Å². The first-order chi connectivity index (χ1) is 13.8. The second-order valence-corrected chi connectivity index (χ2v) is 8.63. The second kappa shape index (κ2) is 9.28. The van der Waals surface area contributed by atoms with Crippen molar-refractivity contribution in [3.05, 3.63) is 75.1 Å². The number of hydrogen-bond acceptors (Lipinski definition) is 4. The minimum atomic E-state index is -1.15. The molecule has 0 aliphatic rings. The van der Waals surface area contributed by atoms with Gasteiger partial charge in [-0.3, -0.25) is 4.79 Å². The van der Waals surface area contributed by atoms with Gasteiger partial charge in [-0.15, -0.1) is 11.3 Å². The lowest BCUT2D eigenvalue weighted by atomic mass is 10.1. The molecule has 4 nitrogen and oxygen atoms in total. The summed E-state index contributed by atoms with van der Waals surface area (Å²) in [6, 6.07) is 16.3. The zero-order chi connectivity index (χ0) is 21.1. The second-order valence-electron chi connectivity index (χ2n) is 6.71. The fourth-order valence-corrected chi connectivity index (χ4v) is 4.64. The Bertz CT molecular complexity index is 1000. The number of carbonyl (C=O) groups is 1. The maximum atomic E-state index is 13.4. The van der Waals surface area contributed by atoms with E-state index in [0.29, 0.717) is 21.2 Å². The third kappa shape index (κ3) is 4.65. The van der Waals surface area contributed by atoms with Gasteiger partial charge >= 0.3 is 0 Å². The average molecular weight is 450 g/mol. The third-order valence-corrected chi connectivity index (χ3v) is 6.15. The van der Waals surface area contributed by atoms with Crippen molar-refractivity contribution in [1.82, 2.24) is 0 Å².